The molecule has 0 heterocycles. The Kier molecular flexibility index (Phi) is 3.13. The largest absolute Gasteiger partial charge is 0.0622 e. The molecule has 0 aliphatic rings. The Morgan fingerprint density at radius 3 is 2.36 bits per heavy atom. The molecular weight excluding hydrogens is 200 g/mol. The lowest BCUT2D eigenvalue weighted by Crippen LogP contribution is -1.93. The minimum Gasteiger partial charge on any atom is -0.0622 e. The van der Waals surface area contributed by atoms with Gasteiger partial charge in [0.2, 0.25) is 0 Å². The first kappa shape index (κ1) is 8.79. The fourth-order valence-electron chi connectivity index (χ4n) is 1.02. The van der Waals surface area contributed by atoms with Crippen molar-refractivity contribution in [3.63, 3.8) is 0 Å². The van der Waals surface area contributed by atoms with Crippen molar-refractivity contribution < 1.29 is 0 Å². The molecular formula is C10H12Br. The van der Waals surface area contributed by atoms with Crippen LogP contribution in [0.4, 0.5) is 0 Å². The first-order valence-corrected chi connectivity index (χ1v) is 4.55. The van der Waals surface area contributed by atoms with E-state index >= 15 is 0 Å². The van der Waals surface area contributed by atoms with Crippen LogP contribution in [0.15, 0.2) is 28.7 Å². The van der Waals surface area contributed by atoms with Crippen LogP contribution in [-0.2, 0) is 6.42 Å². The number of hydrogen-bond acceptors (Lipinski definition) is 0. The van der Waals surface area contributed by atoms with Crippen molar-refractivity contribution in [1.29, 1.82) is 0 Å². The van der Waals surface area contributed by atoms with Crippen molar-refractivity contribution >= 4 is 15.9 Å². The van der Waals surface area contributed by atoms with E-state index in [9.17, 15) is 0 Å². The number of hydrogen-bond donors (Lipinski definition) is 0. The Morgan fingerprint density at radius 2 is 1.91 bits per heavy atom. The maximum atomic E-state index is 3.94. The molecule has 0 bridgehead atoms. The lowest BCUT2D eigenvalue weighted by molar-refractivity contribution is 0.719. The van der Waals surface area contributed by atoms with Gasteiger partial charge in [-0.2, -0.15) is 0 Å². The van der Waals surface area contributed by atoms with Crippen molar-refractivity contribution in [3.8, 4) is 0 Å². The van der Waals surface area contributed by atoms with Gasteiger partial charge < -0.3 is 0 Å². The van der Waals surface area contributed by atoms with Gasteiger partial charge in [0, 0.05) is 4.47 Å². The average molecular weight is 212 g/mol. The molecule has 0 nitrogen and oxygen atoms in total. The molecule has 0 amide bonds. The summed E-state index contributed by atoms with van der Waals surface area (Å²) in [5.41, 5.74) is 1.36. The smallest absolute Gasteiger partial charge is 0.0175 e. The fourth-order valence-corrected chi connectivity index (χ4v) is 1.29. The molecule has 1 radical (unpaired) electrons. The summed E-state index contributed by atoms with van der Waals surface area (Å²) >= 11 is 3.40. The quantitative estimate of drug-likeness (QED) is 0.704. The predicted octanol–water partition coefficient (Wildman–Crippen LogP) is 3.46. The summed E-state index contributed by atoms with van der Waals surface area (Å²) in [7, 11) is 0. The molecule has 0 saturated heterocycles. The Labute approximate surface area is 76.8 Å². The SMILES string of the molecule is [CH2]C(C)Cc1ccc(Br)cc1. The van der Waals surface area contributed by atoms with Crippen LogP contribution < -0.4 is 0 Å². The third kappa shape index (κ3) is 3.06. The molecule has 0 N–H and O–H groups in total. The van der Waals surface area contributed by atoms with Crippen molar-refractivity contribution in [3.05, 3.63) is 41.2 Å². The highest BCUT2D eigenvalue weighted by Crippen LogP contribution is 2.13. The van der Waals surface area contributed by atoms with Crippen LogP contribution in [0.25, 0.3) is 0 Å². The molecule has 0 saturated carbocycles. The first-order chi connectivity index (χ1) is 5.18. The second kappa shape index (κ2) is 3.91. The monoisotopic (exact) mass is 211 g/mol. The van der Waals surface area contributed by atoms with E-state index in [4.69, 9.17) is 0 Å². The first-order valence-electron chi connectivity index (χ1n) is 3.76. The molecule has 0 aliphatic carbocycles. The van der Waals surface area contributed by atoms with Gasteiger partial charge in [-0.25, -0.2) is 0 Å². The van der Waals surface area contributed by atoms with Gasteiger partial charge >= 0.3 is 0 Å². The molecule has 1 unspecified atom stereocenters. The van der Waals surface area contributed by atoms with Crippen molar-refractivity contribution in [2.24, 2.45) is 5.92 Å². The Bertz CT molecular complexity index is 211. The second-order valence-electron chi connectivity index (χ2n) is 2.94. The van der Waals surface area contributed by atoms with Crippen LogP contribution in [0.2, 0.25) is 0 Å². The van der Waals surface area contributed by atoms with Crippen molar-refractivity contribution in [1.82, 2.24) is 0 Å². The van der Waals surface area contributed by atoms with Gasteiger partial charge in [-0.05, 0) is 30.0 Å². The fraction of sp³-hybridized carbons (Fsp3) is 0.300. The average Bonchev–Trinajstić information content (AvgIpc) is 1.93. The summed E-state index contributed by atoms with van der Waals surface area (Å²) in [5, 5.41) is 0. The van der Waals surface area contributed by atoms with E-state index in [0.717, 1.165) is 10.9 Å². The molecule has 0 fully saturated rings. The summed E-state index contributed by atoms with van der Waals surface area (Å²) in [6.07, 6.45) is 1.06. The van der Waals surface area contributed by atoms with Crippen LogP contribution in [-0.4, -0.2) is 0 Å². The topological polar surface area (TPSA) is 0 Å². The molecule has 1 aromatic carbocycles. The van der Waals surface area contributed by atoms with Gasteiger partial charge in [0.1, 0.15) is 0 Å². The summed E-state index contributed by atoms with van der Waals surface area (Å²) in [6, 6.07) is 8.40. The highest BCUT2D eigenvalue weighted by Gasteiger charge is 1.96. The van der Waals surface area contributed by atoms with Crippen molar-refractivity contribution in [2.75, 3.05) is 0 Å². The molecule has 1 aromatic rings. The Hall–Kier alpha value is -0.300. The zero-order valence-electron chi connectivity index (χ0n) is 6.68. The van der Waals surface area contributed by atoms with Gasteiger partial charge in [-0.15, -0.1) is 0 Å². The Balaban J connectivity index is 2.66. The molecule has 0 spiro atoms. The van der Waals surface area contributed by atoms with E-state index in [0.29, 0.717) is 5.92 Å². The Morgan fingerprint density at radius 1 is 1.36 bits per heavy atom. The lowest BCUT2D eigenvalue weighted by Gasteiger charge is -2.03. The van der Waals surface area contributed by atoms with E-state index in [1.807, 2.05) is 0 Å². The minimum absolute atomic E-state index is 0.496. The number of halogens is 1. The van der Waals surface area contributed by atoms with Gasteiger partial charge in [0.25, 0.3) is 0 Å². The van der Waals surface area contributed by atoms with Crippen molar-refractivity contribution in [2.45, 2.75) is 13.3 Å². The summed E-state index contributed by atoms with van der Waals surface area (Å²) in [4.78, 5) is 0. The lowest BCUT2D eigenvalue weighted by atomic mass is 10.0. The number of benzene rings is 1. The summed E-state index contributed by atoms with van der Waals surface area (Å²) in [6.45, 7) is 6.07. The maximum Gasteiger partial charge on any atom is 0.0175 e. The van der Waals surface area contributed by atoms with Crippen LogP contribution in [0.1, 0.15) is 12.5 Å². The molecule has 1 rings (SSSR count). The van der Waals surface area contributed by atoms with Crippen LogP contribution in [0.3, 0.4) is 0 Å². The van der Waals surface area contributed by atoms with Crippen LogP contribution in [0.5, 0.6) is 0 Å². The van der Waals surface area contributed by atoms with E-state index in [1.54, 1.807) is 0 Å². The molecule has 1 atom stereocenters. The standard InChI is InChI=1S/C10H12Br/c1-8(2)7-9-3-5-10(11)6-4-9/h3-6,8H,1,7H2,2H3. The van der Waals surface area contributed by atoms with Gasteiger partial charge in [0.05, 0.1) is 0 Å². The molecule has 0 aromatic heterocycles. The zero-order chi connectivity index (χ0) is 8.27. The summed E-state index contributed by atoms with van der Waals surface area (Å²) in [5.74, 6) is 0.496. The van der Waals surface area contributed by atoms with Gasteiger partial charge in [0.15, 0.2) is 0 Å². The third-order valence-corrected chi connectivity index (χ3v) is 2.03. The van der Waals surface area contributed by atoms with Gasteiger partial charge in [-0.3, -0.25) is 0 Å². The van der Waals surface area contributed by atoms with E-state index in [-0.39, 0.29) is 0 Å². The predicted molar refractivity (Wildman–Crippen MR) is 52.4 cm³/mol. The highest BCUT2D eigenvalue weighted by molar-refractivity contribution is 9.10. The van der Waals surface area contributed by atoms with Gasteiger partial charge in [-0.1, -0.05) is 41.9 Å². The molecule has 1 heteroatoms. The number of rotatable bonds is 2. The normalized spacial score (nSPS) is 10.5. The highest BCUT2D eigenvalue weighted by atomic mass is 79.9. The van der Waals surface area contributed by atoms with Crippen LogP contribution in [0, 0.1) is 12.8 Å². The van der Waals surface area contributed by atoms with E-state index in [2.05, 4.69) is 54.0 Å². The van der Waals surface area contributed by atoms with E-state index in [1.165, 1.54) is 5.56 Å². The molecule has 59 valence electrons. The van der Waals surface area contributed by atoms with E-state index < -0.39 is 0 Å². The maximum absolute atomic E-state index is 3.94. The second-order valence-corrected chi connectivity index (χ2v) is 3.85. The molecule has 11 heavy (non-hydrogen) atoms. The third-order valence-electron chi connectivity index (χ3n) is 1.50. The zero-order valence-corrected chi connectivity index (χ0v) is 8.26. The van der Waals surface area contributed by atoms with Crippen LogP contribution >= 0.6 is 15.9 Å². The minimum atomic E-state index is 0.496. The summed E-state index contributed by atoms with van der Waals surface area (Å²) < 4.78 is 1.14. The molecule has 0 aliphatic heterocycles.